The number of halogens is 3. The summed E-state index contributed by atoms with van der Waals surface area (Å²) >= 11 is 0. The van der Waals surface area contributed by atoms with Crippen molar-refractivity contribution in [3.8, 4) is 0 Å². The molecule has 2 aromatic carbocycles. The Morgan fingerprint density at radius 2 is 1.56 bits per heavy atom. The lowest BCUT2D eigenvalue weighted by atomic mass is 9.85. The predicted octanol–water partition coefficient (Wildman–Crippen LogP) is 5.43. The second kappa shape index (κ2) is 12.8. The molecule has 0 saturated heterocycles. The van der Waals surface area contributed by atoms with Crippen LogP contribution in [-0.4, -0.2) is 40.5 Å². The van der Waals surface area contributed by atoms with Crippen LogP contribution in [-0.2, 0) is 17.5 Å². The molecule has 1 unspecified atom stereocenters. The minimum absolute atomic E-state index is 0.0615. The van der Waals surface area contributed by atoms with E-state index in [1.54, 1.807) is 13.1 Å². The third-order valence-electron chi connectivity index (χ3n) is 7.00. The van der Waals surface area contributed by atoms with E-state index in [-0.39, 0.29) is 35.9 Å². The topological polar surface area (TPSA) is 104 Å². The summed E-state index contributed by atoms with van der Waals surface area (Å²) in [6, 6.07) is 15.6. The fourth-order valence-electron chi connectivity index (χ4n) is 4.74. The van der Waals surface area contributed by atoms with Crippen molar-refractivity contribution in [2.75, 3.05) is 29.5 Å². The Bertz CT molecular complexity index is 1230. The van der Waals surface area contributed by atoms with Gasteiger partial charge in [0.25, 0.3) is 0 Å². The first-order valence-corrected chi connectivity index (χ1v) is 13.1. The van der Waals surface area contributed by atoms with E-state index < -0.39 is 11.7 Å². The van der Waals surface area contributed by atoms with E-state index in [1.807, 2.05) is 18.2 Å². The van der Waals surface area contributed by atoms with Crippen molar-refractivity contribution in [3.63, 3.8) is 0 Å². The molecule has 1 heterocycles. The highest BCUT2D eigenvalue weighted by Gasteiger charge is 2.33. The van der Waals surface area contributed by atoms with Crippen molar-refractivity contribution in [1.29, 1.82) is 0 Å². The van der Waals surface area contributed by atoms with Crippen LogP contribution in [0.4, 0.5) is 31.0 Å². The summed E-state index contributed by atoms with van der Waals surface area (Å²) in [4.78, 5) is 26.0. The summed E-state index contributed by atoms with van der Waals surface area (Å²) in [7, 11) is 1.74. The van der Waals surface area contributed by atoms with E-state index in [0.29, 0.717) is 50.1 Å². The zero-order valence-corrected chi connectivity index (χ0v) is 22.1. The summed E-state index contributed by atoms with van der Waals surface area (Å²) in [6.45, 7) is 2.64. The first kappa shape index (κ1) is 28.1. The molecule has 1 aromatic heterocycles. The molecule has 1 aliphatic carbocycles. The molecule has 11 heteroatoms. The number of carbonyl (C=O) groups is 1. The van der Waals surface area contributed by atoms with Gasteiger partial charge in [-0.15, -0.1) is 0 Å². The largest absolute Gasteiger partial charge is 0.416 e. The van der Waals surface area contributed by atoms with E-state index in [9.17, 15) is 18.0 Å². The van der Waals surface area contributed by atoms with E-state index in [0.717, 1.165) is 6.07 Å². The van der Waals surface area contributed by atoms with Crippen molar-refractivity contribution in [3.05, 3.63) is 71.3 Å². The van der Waals surface area contributed by atoms with Gasteiger partial charge >= 0.3 is 6.18 Å². The quantitative estimate of drug-likeness (QED) is 0.271. The van der Waals surface area contributed by atoms with E-state index in [4.69, 9.17) is 0 Å². The average molecular weight is 542 g/mol. The van der Waals surface area contributed by atoms with Crippen LogP contribution in [0.2, 0.25) is 0 Å². The van der Waals surface area contributed by atoms with Gasteiger partial charge in [0.05, 0.1) is 5.56 Å². The molecule has 39 heavy (non-hydrogen) atoms. The molecule has 208 valence electrons. The minimum Gasteiger partial charge on any atom is -0.357 e. The van der Waals surface area contributed by atoms with Crippen molar-refractivity contribution >= 4 is 23.8 Å². The number of carbonyl (C=O) groups excluding carboxylic acids is 1. The van der Waals surface area contributed by atoms with Gasteiger partial charge in [0, 0.05) is 32.1 Å². The van der Waals surface area contributed by atoms with Crippen LogP contribution in [0.3, 0.4) is 0 Å². The third kappa shape index (κ3) is 7.81. The maximum absolute atomic E-state index is 13.2. The molecule has 0 spiro atoms. The first-order chi connectivity index (χ1) is 18.7. The van der Waals surface area contributed by atoms with Crippen LogP contribution in [0.5, 0.6) is 0 Å². The summed E-state index contributed by atoms with van der Waals surface area (Å²) in [5.74, 6) is 1.15. The Morgan fingerprint density at radius 1 is 0.923 bits per heavy atom. The number of alkyl halides is 3. The Kier molecular flexibility index (Phi) is 9.21. The molecule has 4 N–H and O–H groups in total. The highest BCUT2D eigenvalue weighted by molar-refractivity contribution is 5.78. The number of nitrogens with one attached hydrogen (secondary N) is 4. The monoisotopic (exact) mass is 541 g/mol. The summed E-state index contributed by atoms with van der Waals surface area (Å²) in [6.07, 6.45) is -1.79. The van der Waals surface area contributed by atoms with E-state index in [2.05, 4.69) is 55.3 Å². The molecule has 0 radical (unpaired) electrons. The molecular formula is C28H34F3N7O. The van der Waals surface area contributed by atoms with Crippen LogP contribution in [0, 0.1) is 5.92 Å². The lowest BCUT2D eigenvalue weighted by Gasteiger charge is -2.28. The van der Waals surface area contributed by atoms with Crippen molar-refractivity contribution in [2.24, 2.45) is 5.92 Å². The standard InChI is InChI=1S/C28H34F3N7O/c1-18(19-8-4-3-5-9-19)16-34-26-36-25(32-2)37-27(38-26)35-22-14-12-20(13-15-22)24(39)33-17-21-10-6-7-11-23(21)28(29,30)31/h3-11,18,20,22H,12-17H2,1-2H3,(H,33,39)(H3,32,34,35,36,37,38). The summed E-state index contributed by atoms with van der Waals surface area (Å²) < 4.78 is 39.7. The van der Waals surface area contributed by atoms with Crippen molar-refractivity contribution in [1.82, 2.24) is 20.3 Å². The van der Waals surface area contributed by atoms with Gasteiger partial charge in [0.1, 0.15) is 0 Å². The Labute approximate surface area is 226 Å². The zero-order chi connectivity index (χ0) is 27.8. The number of nitrogens with zero attached hydrogens (tertiary/aromatic N) is 3. The maximum Gasteiger partial charge on any atom is 0.416 e. The highest BCUT2D eigenvalue weighted by Crippen LogP contribution is 2.32. The summed E-state index contributed by atoms with van der Waals surface area (Å²) in [5, 5.41) is 12.3. The Morgan fingerprint density at radius 3 is 2.26 bits per heavy atom. The lowest BCUT2D eigenvalue weighted by molar-refractivity contribution is -0.138. The average Bonchev–Trinajstić information content (AvgIpc) is 2.95. The van der Waals surface area contributed by atoms with Gasteiger partial charge in [0.2, 0.25) is 23.8 Å². The Balaban J connectivity index is 1.28. The number of hydrogen-bond donors (Lipinski definition) is 4. The molecule has 1 aliphatic rings. The number of rotatable bonds is 10. The van der Waals surface area contributed by atoms with Gasteiger partial charge in [0.15, 0.2) is 0 Å². The molecule has 8 nitrogen and oxygen atoms in total. The number of anilines is 3. The summed E-state index contributed by atoms with van der Waals surface area (Å²) in [5.41, 5.74) is 0.558. The smallest absolute Gasteiger partial charge is 0.357 e. The molecule has 1 saturated carbocycles. The molecular weight excluding hydrogens is 507 g/mol. The van der Waals surface area contributed by atoms with Crippen molar-refractivity contribution in [2.45, 2.75) is 57.3 Å². The van der Waals surface area contributed by atoms with Gasteiger partial charge in [-0.25, -0.2) is 0 Å². The minimum atomic E-state index is -4.46. The molecule has 0 bridgehead atoms. The fourth-order valence-corrected chi connectivity index (χ4v) is 4.74. The molecule has 1 atom stereocenters. The van der Waals surface area contributed by atoms with E-state index >= 15 is 0 Å². The first-order valence-electron chi connectivity index (χ1n) is 13.1. The van der Waals surface area contributed by atoms with Crippen molar-refractivity contribution < 1.29 is 18.0 Å². The van der Waals surface area contributed by atoms with Gasteiger partial charge in [-0.3, -0.25) is 4.79 Å². The zero-order valence-electron chi connectivity index (χ0n) is 22.1. The Hall–Kier alpha value is -3.89. The number of amides is 1. The molecule has 4 rings (SSSR count). The lowest BCUT2D eigenvalue weighted by Crippen LogP contribution is -2.36. The normalized spacial score (nSPS) is 18.2. The van der Waals surface area contributed by atoms with Gasteiger partial charge in [-0.05, 0) is 48.8 Å². The molecule has 1 amide bonds. The van der Waals surface area contributed by atoms with Gasteiger partial charge < -0.3 is 21.3 Å². The molecule has 1 fully saturated rings. The van der Waals surface area contributed by atoms with Crippen LogP contribution < -0.4 is 21.3 Å². The highest BCUT2D eigenvalue weighted by atomic mass is 19.4. The van der Waals surface area contributed by atoms with Crippen LogP contribution in [0.25, 0.3) is 0 Å². The number of benzene rings is 2. The predicted molar refractivity (Wildman–Crippen MR) is 145 cm³/mol. The second-order valence-electron chi connectivity index (χ2n) is 9.81. The molecule has 0 aliphatic heterocycles. The molecule has 3 aromatic rings. The second-order valence-corrected chi connectivity index (χ2v) is 9.81. The van der Waals surface area contributed by atoms with Gasteiger partial charge in [-0.1, -0.05) is 55.5 Å². The van der Waals surface area contributed by atoms with E-state index in [1.165, 1.54) is 17.7 Å². The van der Waals surface area contributed by atoms with Gasteiger partial charge in [-0.2, -0.15) is 28.1 Å². The number of aromatic nitrogens is 3. The van der Waals surface area contributed by atoms with Crippen LogP contribution in [0.15, 0.2) is 54.6 Å². The van der Waals surface area contributed by atoms with Crippen LogP contribution in [0.1, 0.15) is 55.2 Å². The fraction of sp³-hybridized carbons (Fsp3) is 0.429. The third-order valence-corrected chi connectivity index (χ3v) is 7.00. The van der Waals surface area contributed by atoms with Crippen LogP contribution >= 0.6 is 0 Å². The SMILES string of the molecule is CNc1nc(NCC(C)c2ccccc2)nc(NC2CCC(C(=O)NCc3ccccc3C(F)(F)F)CC2)n1. The maximum atomic E-state index is 13.2. The number of hydrogen-bond acceptors (Lipinski definition) is 7.